The molecule has 0 fully saturated rings. The zero-order valence-corrected chi connectivity index (χ0v) is 13.8. The Hall–Kier alpha value is -0.0900. The lowest BCUT2D eigenvalue weighted by Gasteiger charge is -2.26. The lowest BCUT2D eigenvalue weighted by Crippen LogP contribution is -2.36. The van der Waals surface area contributed by atoms with E-state index in [1.165, 1.54) is 0 Å². The summed E-state index contributed by atoms with van der Waals surface area (Å²) in [7, 11) is -3.07. The van der Waals surface area contributed by atoms with Crippen molar-refractivity contribution in [2.75, 3.05) is 18.8 Å². The van der Waals surface area contributed by atoms with Gasteiger partial charge in [0.2, 0.25) is 10.0 Å². The fraction of sp³-hybridized carbons (Fsp3) is 1.00. The van der Waals surface area contributed by atoms with Crippen LogP contribution in [0.4, 0.5) is 0 Å². The summed E-state index contributed by atoms with van der Waals surface area (Å²) in [5.41, 5.74) is 0.180. The van der Waals surface area contributed by atoms with Crippen LogP contribution in [0.1, 0.15) is 60.8 Å². The van der Waals surface area contributed by atoms with Gasteiger partial charge in [-0.25, -0.2) is 12.7 Å². The van der Waals surface area contributed by atoms with E-state index in [1.807, 2.05) is 6.92 Å². The maximum absolute atomic E-state index is 12.3. The Balaban J connectivity index is 4.56. The highest BCUT2D eigenvalue weighted by molar-refractivity contribution is 7.89. The molecule has 0 heterocycles. The summed E-state index contributed by atoms with van der Waals surface area (Å²) < 4.78 is 26.2. The molecule has 110 valence electrons. The van der Waals surface area contributed by atoms with Crippen LogP contribution in [0.2, 0.25) is 0 Å². The Morgan fingerprint density at radius 3 is 2.06 bits per heavy atom. The first-order valence-electron chi connectivity index (χ1n) is 7.06. The Kier molecular flexibility index (Phi) is 7.45. The lowest BCUT2D eigenvalue weighted by atomic mass is 9.92. The summed E-state index contributed by atoms with van der Waals surface area (Å²) in [5, 5.41) is 0. The molecule has 3 nitrogen and oxygen atoms in total. The predicted octanol–water partition coefficient (Wildman–Crippen LogP) is 3.51. The van der Waals surface area contributed by atoms with Crippen molar-refractivity contribution in [2.24, 2.45) is 11.3 Å². The first kappa shape index (κ1) is 17.9. The Labute approximate surface area is 114 Å². The number of hydrogen-bond donors (Lipinski definition) is 0. The van der Waals surface area contributed by atoms with Gasteiger partial charge in [-0.05, 0) is 30.6 Å². The maximum atomic E-state index is 12.3. The minimum atomic E-state index is -3.07. The Morgan fingerprint density at radius 2 is 1.67 bits per heavy atom. The van der Waals surface area contributed by atoms with E-state index >= 15 is 0 Å². The smallest absolute Gasteiger partial charge is 0.212 e. The highest BCUT2D eigenvalue weighted by Crippen LogP contribution is 2.20. The summed E-state index contributed by atoms with van der Waals surface area (Å²) >= 11 is 0. The van der Waals surface area contributed by atoms with E-state index in [1.54, 1.807) is 4.31 Å². The third-order valence-corrected chi connectivity index (χ3v) is 4.83. The van der Waals surface area contributed by atoms with Gasteiger partial charge in [0.15, 0.2) is 0 Å². The van der Waals surface area contributed by atoms with Gasteiger partial charge < -0.3 is 0 Å². The van der Waals surface area contributed by atoms with Crippen LogP contribution in [0, 0.1) is 11.3 Å². The van der Waals surface area contributed by atoms with E-state index in [0.717, 1.165) is 19.3 Å². The van der Waals surface area contributed by atoms with Crippen LogP contribution in [0.5, 0.6) is 0 Å². The molecule has 0 saturated heterocycles. The van der Waals surface area contributed by atoms with Gasteiger partial charge in [-0.1, -0.05) is 41.5 Å². The normalized spacial score (nSPS) is 13.6. The summed E-state index contributed by atoms with van der Waals surface area (Å²) in [4.78, 5) is 0. The topological polar surface area (TPSA) is 37.4 Å². The Bertz CT molecular complexity index is 315. The SMILES string of the molecule is CCCN(CCC(C)(C)C)S(=O)(=O)CCC(C)C. The van der Waals surface area contributed by atoms with Crippen molar-refractivity contribution in [3.05, 3.63) is 0 Å². The van der Waals surface area contributed by atoms with Crippen LogP contribution >= 0.6 is 0 Å². The summed E-state index contributed by atoms with van der Waals surface area (Å²) in [5.74, 6) is 0.723. The fourth-order valence-corrected chi connectivity index (χ4v) is 3.47. The minimum Gasteiger partial charge on any atom is -0.212 e. The van der Waals surface area contributed by atoms with Crippen molar-refractivity contribution in [3.8, 4) is 0 Å². The highest BCUT2D eigenvalue weighted by atomic mass is 32.2. The van der Waals surface area contributed by atoms with Gasteiger partial charge in [0, 0.05) is 13.1 Å². The largest absolute Gasteiger partial charge is 0.214 e. The predicted molar refractivity (Wildman–Crippen MR) is 79.2 cm³/mol. The van der Waals surface area contributed by atoms with Crippen LogP contribution in [0.25, 0.3) is 0 Å². The zero-order valence-electron chi connectivity index (χ0n) is 13.0. The molecule has 0 aromatic rings. The molecule has 18 heavy (non-hydrogen) atoms. The molecule has 0 N–H and O–H groups in total. The fourth-order valence-electron chi connectivity index (χ4n) is 1.61. The van der Waals surface area contributed by atoms with E-state index in [4.69, 9.17) is 0 Å². The summed E-state index contributed by atoms with van der Waals surface area (Å²) in [6.45, 7) is 13.9. The third-order valence-electron chi connectivity index (χ3n) is 2.93. The molecular weight excluding hydrogens is 246 g/mol. The minimum absolute atomic E-state index is 0.180. The van der Waals surface area contributed by atoms with Crippen LogP contribution in [-0.2, 0) is 10.0 Å². The van der Waals surface area contributed by atoms with Crippen LogP contribution in [0.3, 0.4) is 0 Å². The van der Waals surface area contributed by atoms with Crippen molar-refractivity contribution in [1.29, 1.82) is 0 Å². The molecule has 0 saturated carbocycles. The molecule has 0 amide bonds. The molecule has 0 spiro atoms. The molecular formula is C14H31NO2S. The van der Waals surface area contributed by atoms with Crippen LogP contribution < -0.4 is 0 Å². The molecule has 0 aliphatic heterocycles. The molecule has 0 unspecified atom stereocenters. The van der Waals surface area contributed by atoms with E-state index in [9.17, 15) is 8.42 Å². The number of sulfonamides is 1. The molecule has 0 atom stereocenters. The van der Waals surface area contributed by atoms with Gasteiger partial charge >= 0.3 is 0 Å². The molecule has 4 heteroatoms. The molecule has 0 rings (SSSR count). The van der Waals surface area contributed by atoms with Gasteiger partial charge in [-0.2, -0.15) is 0 Å². The second-order valence-electron chi connectivity index (χ2n) is 6.71. The third kappa shape index (κ3) is 8.09. The first-order chi connectivity index (χ1) is 8.08. The van der Waals surface area contributed by atoms with E-state index in [2.05, 4.69) is 34.6 Å². The molecule has 0 bridgehead atoms. The van der Waals surface area contributed by atoms with Gasteiger partial charge in [-0.15, -0.1) is 0 Å². The number of hydrogen-bond acceptors (Lipinski definition) is 2. The standard InChI is InChI=1S/C14H31NO2S/c1-7-10-15(11-9-14(4,5)6)18(16,17)12-8-13(2)3/h13H,7-12H2,1-6H3. The van der Waals surface area contributed by atoms with E-state index in [-0.39, 0.29) is 11.2 Å². The van der Waals surface area contributed by atoms with Crippen LogP contribution in [0.15, 0.2) is 0 Å². The summed E-state index contributed by atoms with van der Waals surface area (Å²) in [6.07, 6.45) is 2.54. The number of nitrogens with zero attached hydrogens (tertiary/aromatic N) is 1. The van der Waals surface area contributed by atoms with Crippen molar-refractivity contribution >= 4 is 10.0 Å². The average Bonchev–Trinajstić information content (AvgIpc) is 2.20. The van der Waals surface area contributed by atoms with Crippen molar-refractivity contribution in [3.63, 3.8) is 0 Å². The second kappa shape index (κ2) is 7.49. The second-order valence-corrected chi connectivity index (χ2v) is 8.80. The quantitative estimate of drug-likeness (QED) is 0.681. The summed E-state index contributed by atoms with van der Waals surface area (Å²) in [6, 6.07) is 0. The van der Waals surface area contributed by atoms with Gasteiger partial charge in [-0.3, -0.25) is 0 Å². The lowest BCUT2D eigenvalue weighted by molar-refractivity contribution is 0.309. The van der Waals surface area contributed by atoms with E-state index < -0.39 is 10.0 Å². The monoisotopic (exact) mass is 277 g/mol. The van der Waals surface area contributed by atoms with Crippen molar-refractivity contribution in [2.45, 2.75) is 60.8 Å². The van der Waals surface area contributed by atoms with Crippen LogP contribution in [-0.4, -0.2) is 31.6 Å². The van der Waals surface area contributed by atoms with E-state index in [0.29, 0.717) is 19.0 Å². The first-order valence-corrected chi connectivity index (χ1v) is 8.67. The molecule has 0 aliphatic rings. The molecule has 0 aromatic heterocycles. The average molecular weight is 277 g/mol. The maximum Gasteiger partial charge on any atom is 0.214 e. The van der Waals surface area contributed by atoms with Gasteiger partial charge in [0.25, 0.3) is 0 Å². The molecule has 0 aliphatic carbocycles. The Morgan fingerprint density at radius 1 is 1.11 bits per heavy atom. The molecule has 0 aromatic carbocycles. The number of rotatable bonds is 8. The highest BCUT2D eigenvalue weighted by Gasteiger charge is 2.23. The van der Waals surface area contributed by atoms with Crippen molar-refractivity contribution < 1.29 is 8.42 Å². The van der Waals surface area contributed by atoms with Crippen molar-refractivity contribution in [1.82, 2.24) is 4.31 Å². The van der Waals surface area contributed by atoms with Gasteiger partial charge in [0.1, 0.15) is 0 Å². The zero-order chi connectivity index (χ0) is 14.4. The van der Waals surface area contributed by atoms with Gasteiger partial charge in [0.05, 0.1) is 5.75 Å². The molecule has 0 radical (unpaired) electrons.